The summed E-state index contributed by atoms with van der Waals surface area (Å²) in [6, 6.07) is 16.0. The fourth-order valence-corrected chi connectivity index (χ4v) is 5.36. The minimum absolute atomic E-state index is 0.0259. The molecule has 0 atom stereocenters. The van der Waals surface area contributed by atoms with Gasteiger partial charge in [0.05, 0.1) is 17.9 Å². The zero-order valence-electron chi connectivity index (χ0n) is 23.6. The molecule has 38 heavy (non-hydrogen) atoms. The second-order valence-corrected chi connectivity index (χ2v) is 11.5. The largest absolute Gasteiger partial charge is 0.493 e. The Balaban J connectivity index is 1.30. The lowest BCUT2D eigenvalue weighted by molar-refractivity contribution is -0.683. The molecule has 4 nitrogen and oxygen atoms in total. The predicted octanol–water partition coefficient (Wildman–Crippen LogP) is 8.65. The number of carbonyl (C=O) groups excluding carboxylic acids is 1. The third-order valence-electron chi connectivity index (χ3n) is 6.90. The third kappa shape index (κ3) is 11.8. The van der Waals surface area contributed by atoms with Crippen molar-refractivity contribution in [2.24, 2.45) is 0 Å². The number of anilines is 1. The monoisotopic (exact) mass is 535 g/mol. The Bertz CT molecular complexity index is 1060. The number of benzene rings is 2. The summed E-state index contributed by atoms with van der Waals surface area (Å²) < 4.78 is 8.25. The molecule has 0 aliphatic heterocycles. The highest BCUT2D eigenvalue weighted by Gasteiger charge is 2.10. The van der Waals surface area contributed by atoms with Gasteiger partial charge < -0.3 is 10.1 Å². The number of aromatic nitrogens is 1. The molecule has 3 rings (SSSR count). The Morgan fingerprint density at radius 3 is 2.11 bits per heavy atom. The van der Waals surface area contributed by atoms with Crippen molar-refractivity contribution in [3.05, 3.63) is 76.2 Å². The van der Waals surface area contributed by atoms with Crippen LogP contribution in [0.2, 0.25) is 0 Å². The predicted molar refractivity (Wildman–Crippen MR) is 160 cm³/mol. The summed E-state index contributed by atoms with van der Waals surface area (Å²) in [5, 5.41) is 3.03. The van der Waals surface area contributed by atoms with Crippen LogP contribution in [0.15, 0.2) is 60.2 Å². The van der Waals surface area contributed by atoms with Gasteiger partial charge in [-0.1, -0.05) is 119 Å². The van der Waals surface area contributed by atoms with E-state index in [1.165, 1.54) is 81.1 Å². The highest BCUT2D eigenvalue weighted by atomic mass is 32.1. The number of hydrogen-bond donors (Lipinski definition) is 1. The molecule has 0 spiro atoms. The molecule has 0 radical (unpaired) electrons. The number of para-hydroxylation sites is 1. The lowest BCUT2D eigenvalue weighted by Gasteiger charge is -2.12. The van der Waals surface area contributed by atoms with E-state index in [1.807, 2.05) is 36.4 Å². The van der Waals surface area contributed by atoms with Crippen molar-refractivity contribution in [1.29, 1.82) is 0 Å². The number of nitrogens with zero attached hydrogens (tertiary/aromatic N) is 1. The molecule has 2 aromatic carbocycles. The van der Waals surface area contributed by atoms with E-state index < -0.39 is 0 Å². The van der Waals surface area contributed by atoms with E-state index in [2.05, 4.69) is 47.6 Å². The summed E-state index contributed by atoms with van der Waals surface area (Å²) in [5.41, 5.74) is 5.09. The summed E-state index contributed by atoms with van der Waals surface area (Å²) in [5.74, 6) is 0.797. The van der Waals surface area contributed by atoms with Crippen LogP contribution in [0.1, 0.15) is 100.0 Å². The van der Waals surface area contributed by atoms with E-state index in [1.54, 1.807) is 11.3 Å². The van der Waals surface area contributed by atoms with Gasteiger partial charge >= 0.3 is 0 Å². The number of unbranched alkanes of at least 4 members (excludes halogenated alkanes) is 11. The Hall–Kier alpha value is -2.66. The SMILES string of the molecule is CCCCCCCCCCCCCCOc1ccccc1CC(=O)Nc1ccc(C[n+]2csc(C)c2)cc1. The first kappa shape index (κ1) is 29.9. The van der Waals surface area contributed by atoms with Gasteiger partial charge in [-0.15, -0.1) is 0 Å². The molecule has 0 unspecified atom stereocenters. The van der Waals surface area contributed by atoms with Gasteiger partial charge in [-0.25, -0.2) is 0 Å². The third-order valence-corrected chi connectivity index (χ3v) is 7.76. The molecule has 1 heterocycles. The average Bonchev–Trinajstić information content (AvgIpc) is 3.33. The van der Waals surface area contributed by atoms with Crippen LogP contribution in [0.3, 0.4) is 0 Å². The minimum atomic E-state index is -0.0259. The number of carbonyl (C=O) groups is 1. The number of thiazole rings is 1. The number of ether oxygens (including phenoxy) is 1. The zero-order chi connectivity index (χ0) is 26.8. The summed E-state index contributed by atoms with van der Waals surface area (Å²) in [6.45, 7) is 5.93. The van der Waals surface area contributed by atoms with Crippen LogP contribution in [0, 0.1) is 6.92 Å². The minimum Gasteiger partial charge on any atom is -0.493 e. The molecule has 0 aliphatic carbocycles. The van der Waals surface area contributed by atoms with Crippen molar-refractivity contribution < 1.29 is 14.1 Å². The molecule has 0 saturated heterocycles. The lowest BCUT2D eigenvalue weighted by Crippen LogP contribution is -2.30. The topological polar surface area (TPSA) is 42.2 Å². The number of rotatable bonds is 19. The maximum atomic E-state index is 12.7. The maximum absolute atomic E-state index is 12.7. The molecular weight excluding hydrogens is 488 g/mol. The second kappa shape index (κ2) is 17.8. The molecule has 1 N–H and O–H groups in total. The van der Waals surface area contributed by atoms with Crippen LogP contribution >= 0.6 is 11.3 Å². The Morgan fingerprint density at radius 2 is 1.47 bits per heavy atom. The number of aryl methyl sites for hydroxylation is 1. The highest BCUT2D eigenvalue weighted by molar-refractivity contribution is 7.09. The Kier molecular flexibility index (Phi) is 14.0. The van der Waals surface area contributed by atoms with E-state index in [4.69, 9.17) is 4.74 Å². The van der Waals surface area contributed by atoms with Crippen molar-refractivity contribution in [3.63, 3.8) is 0 Å². The van der Waals surface area contributed by atoms with Gasteiger partial charge in [-0.3, -0.25) is 4.79 Å². The van der Waals surface area contributed by atoms with Crippen molar-refractivity contribution >= 4 is 22.9 Å². The highest BCUT2D eigenvalue weighted by Crippen LogP contribution is 2.20. The molecule has 0 aliphatic rings. The van der Waals surface area contributed by atoms with Crippen LogP contribution < -0.4 is 14.6 Å². The molecule has 3 aromatic rings. The summed E-state index contributed by atoms with van der Waals surface area (Å²) in [6.07, 6.45) is 18.4. The van der Waals surface area contributed by atoms with Crippen molar-refractivity contribution in [2.45, 2.75) is 104 Å². The quantitative estimate of drug-likeness (QED) is 0.123. The first-order valence-corrected chi connectivity index (χ1v) is 15.6. The van der Waals surface area contributed by atoms with Crippen LogP contribution in [-0.2, 0) is 17.8 Å². The number of nitrogens with one attached hydrogen (secondary N) is 1. The molecule has 5 heteroatoms. The van der Waals surface area contributed by atoms with E-state index in [9.17, 15) is 4.79 Å². The van der Waals surface area contributed by atoms with E-state index in [0.29, 0.717) is 13.0 Å². The van der Waals surface area contributed by atoms with Crippen molar-refractivity contribution in [2.75, 3.05) is 11.9 Å². The van der Waals surface area contributed by atoms with E-state index in [0.717, 1.165) is 30.0 Å². The number of hydrogen-bond acceptors (Lipinski definition) is 3. The van der Waals surface area contributed by atoms with Crippen LogP contribution in [-0.4, -0.2) is 12.5 Å². The molecular formula is C33H47N2O2S+. The summed E-state index contributed by atoms with van der Waals surface area (Å²) in [7, 11) is 0. The first-order valence-electron chi connectivity index (χ1n) is 14.7. The second-order valence-electron chi connectivity index (χ2n) is 10.4. The standard InChI is InChI=1S/C33H46N2O2S/c1-3-4-5-6-7-8-9-10-11-12-13-16-23-37-32-18-15-14-17-30(32)24-33(36)34-31-21-19-29(20-22-31)26-35-25-28(2)38-27-35/h14-15,17-22,25,27H,3-13,16,23-24,26H2,1-2H3/p+1. The lowest BCUT2D eigenvalue weighted by atomic mass is 10.1. The molecule has 206 valence electrons. The van der Waals surface area contributed by atoms with Gasteiger partial charge in [0, 0.05) is 16.8 Å². The van der Waals surface area contributed by atoms with Crippen molar-refractivity contribution in [1.82, 2.24) is 0 Å². The van der Waals surface area contributed by atoms with Crippen LogP contribution in [0.5, 0.6) is 5.75 Å². The summed E-state index contributed by atoms with van der Waals surface area (Å²) >= 11 is 1.75. The Labute approximate surface area is 234 Å². The van der Waals surface area contributed by atoms with E-state index >= 15 is 0 Å². The first-order chi connectivity index (χ1) is 18.6. The number of amides is 1. The fourth-order valence-electron chi connectivity index (χ4n) is 4.73. The van der Waals surface area contributed by atoms with Gasteiger partial charge in [0.2, 0.25) is 11.4 Å². The van der Waals surface area contributed by atoms with Gasteiger partial charge in [0.15, 0.2) is 12.7 Å². The summed E-state index contributed by atoms with van der Waals surface area (Å²) in [4.78, 5) is 14.0. The van der Waals surface area contributed by atoms with Crippen LogP contribution in [0.25, 0.3) is 0 Å². The molecule has 1 aromatic heterocycles. The zero-order valence-corrected chi connectivity index (χ0v) is 24.4. The van der Waals surface area contributed by atoms with Crippen LogP contribution in [0.4, 0.5) is 5.69 Å². The molecule has 0 saturated carbocycles. The average molecular weight is 536 g/mol. The van der Waals surface area contributed by atoms with Crippen molar-refractivity contribution in [3.8, 4) is 5.75 Å². The van der Waals surface area contributed by atoms with Gasteiger partial charge in [0.1, 0.15) is 5.75 Å². The Morgan fingerprint density at radius 1 is 0.842 bits per heavy atom. The molecule has 0 bridgehead atoms. The smallest absolute Gasteiger partial charge is 0.228 e. The normalized spacial score (nSPS) is 11.0. The molecule has 1 amide bonds. The van der Waals surface area contributed by atoms with Gasteiger partial charge in [0.25, 0.3) is 0 Å². The van der Waals surface area contributed by atoms with E-state index in [-0.39, 0.29) is 5.91 Å². The van der Waals surface area contributed by atoms with Gasteiger partial charge in [-0.2, -0.15) is 4.57 Å². The fraction of sp³-hybridized carbons (Fsp3) is 0.515. The molecule has 0 fully saturated rings. The maximum Gasteiger partial charge on any atom is 0.228 e. The van der Waals surface area contributed by atoms with Gasteiger partial charge in [-0.05, 0) is 31.5 Å².